The van der Waals surface area contributed by atoms with Crippen molar-refractivity contribution in [1.29, 1.82) is 0 Å². The average Bonchev–Trinajstić information content (AvgIpc) is 2.26. The van der Waals surface area contributed by atoms with Gasteiger partial charge in [-0.15, -0.1) is 0 Å². The van der Waals surface area contributed by atoms with Gasteiger partial charge in [0.2, 0.25) is 0 Å². The molecular weight excluding hydrogens is 208 g/mol. The van der Waals surface area contributed by atoms with E-state index in [-0.39, 0.29) is 6.04 Å². The maximum Gasteiger partial charge on any atom is 0.0406 e. The monoisotopic (exact) mass is 226 g/mol. The molecule has 0 saturated carbocycles. The summed E-state index contributed by atoms with van der Waals surface area (Å²) in [5.74, 6) is 0. The highest BCUT2D eigenvalue weighted by Gasteiger charge is 1.99. The number of benzene rings is 1. The van der Waals surface area contributed by atoms with Gasteiger partial charge < -0.3 is 11.5 Å². The van der Waals surface area contributed by atoms with Crippen LogP contribution in [-0.4, -0.2) is 12.6 Å². The van der Waals surface area contributed by atoms with Crippen LogP contribution in [0.15, 0.2) is 24.3 Å². The molecule has 0 aliphatic heterocycles. The average molecular weight is 227 g/mol. The lowest BCUT2D eigenvalue weighted by molar-refractivity contribution is 0.570. The second-order valence-electron chi connectivity index (χ2n) is 3.87. The van der Waals surface area contributed by atoms with E-state index in [0.29, 0.717) is 6.54 Å². The van der Waals surface area contributed by atoms with Crippen LogP contribution in [0.25, 0.3) is 0 Å². The molecule has 84 valence electrons. The normalized spacial score (nSPS) is 12.7. The number of hydrogen-bond acceptors (Lipinski definition) is 2. The van der Waals surface area contributed by atoms with Crippen LogP contribution in [0.4, 0.5) is 0 Å². The van der Waals surface area contributed by atoms with Crippen molar-refractivity contribution >= 4 is 11.6 Å². The summed E-state index contributed by atoms with van der Waals surface area (Å²) in [4.78, 5) is 0. The number of hydrogen-bond donors (Lipinski definition) is 2. The molecule has 0 radical (unpaired) electrons. The summed E-state index contributed by atoms with van der Waals surface area (Å²) in [7, 11) is 0. The van der Waals surface area contributed by atoms with Gasteiger partial charge in [-0.05, 0) is 37.0 Å². The van der Waals surface area contributed by atoms with Crippen molar-refractivity contribution in [3.63, 3.8) is 0 Å². The molecule has 0 amide bonds. The Morgan fingerprint density at radius 1 is 1.13 bits per heavy atom. The minimum atomic E-state index is 0.162. The largest absolute Gasteiger partial charge is 0.329 e. The van der Waals surface area contributed by atoms with Gasteiger partial charge in [-0.3, -0.25) is 0 Å². The highest BCUT2D eigenvalue weighted by atomic mass is 35.5. The van der Waals surface area contributed by atoms with Crippen LogP contribution >= 0.6 is 11.6 Å². The first-order valence-corrected chi connectivity index (χ1v) is 5.80. The molecule has 0 heterocycles. The Bertz CT molecular complexity index is 271. The van der Waals surface area contributed by atoms with Crippen LogP contribution in [0.1, 0.15) is 24.8 Å². The molecule has 0 saturated heterocycles. The first-order chi connectivity index (χ1) is 7.22. The van der Waals surface area contributed by atoms with Gasteiger partial charge in [0, 0.05) is 17.6 Å². The third-order valence-electron chi connectivity index (χ3n) is 2.51. The first-order valence-electron chi connectivity index (χ1n) is 5.42. The second kappa shape index (κ2) is 6.83. The number of nitrogens with two attached hydrogens (primary N) is 2. The number of unbranched alkanes of at least 4 members (excludes halogenated alkanes) is 1. The van der Waals surface area contributed by atoms with Gasteiger partial charge in [-0.2, -0.15) is 0 Å². The van der Waals surface area contributed by atoms with Crippen molar-refractivity contribution in [3.8, 4) is 0 Å². The lowest BCUT2D eigenvalue weighted by atomic mass is 10.0. The number of aryl methyl sites for hydroxylation is 1. The van der Waals surface area contributed by atoms with Crippen LogP contribution in [0.5, 0.6) is 0 Å². The van der Waals surface area contributed by atoms with Gasteiger partial charge in [0.05, 0.1) is 0 Å². The van der Waals surface area contributed by atoms with Crippen LogP contribution in [0.3, 0.4) is 0 Å². The van der Waals surface area contributed by atoms with Crippen LogP contribution in [0, 0.1) is 0 Å². The molecule has 0 spiro atoms. The minimum absolute atomic E-state index is 0.162. The van der Waals surface area contributed by atoms with E-state index in [1.54, 1.807) is 0 Å². The van der Waals surface area contributed by atoms with Crippen molar-refractivity contribution < 1.29 is 0 Å². The Morgan fingerprint density at radius 3 is 2.40 bits per heavy atom. The van der Waals surface area contributed by atoms with E-state index < -0.39 is 0 Å². The van der Waals surface area contributed by atoms with Gasteiger partial charge in [0.1, 0.15) is 0 Å². The molecule has 0 aliphatic rings. The van der Waals surface area contributed by atoms with Crippen molar-refractivity contribution in [2.24, 2.45) is 11.5 Å². The van der Waals surface area contributed by atoms with E-state index in [1.807, 2.05) is 12.1 Å². The molecule has 4 N–H and O–H groups in total. The lowest BCUT2D eigenvalue weighted by Gasteiger charge is -2.07. The molecule has 15 heavy (non-hydrogen) atoms. The fourth-order valence-electron chi connectivity index (χ4n) is 1.50. The van der Waals surface area contributed by atoms with Gasteiger partial charge in [-0.1, -0.05) is 30.2 Å². The first kappa shape index (κ1) is 12.5. The van der Waals surface area contributed by atoms with Gasteiger partial charge >= 0.3 is 0 Å². The zero-order valence-electron chi connectivity index (χ0n) is 8.95. The SMILES string of the molecule is NCC(N)CCCCc1ccc(Cl)cc1. The third-order valence-corrected chi connectivity index (χ3v) is 2.76. The Morgan fingerprint density at radius 2 is 1.80 bits per heavy atom. The Hall–Kier alpha value is -0.570. The summed E-state index contributed by atoms with van der Waals surface area (Å²) >= 11 is 5.80. The Balaban J connectivity index is 2.17. The maximum absolute atomic E-state index is 5.80. The van der Waals surface area contributed by atoms with Gasteiger partial charge in [0.15, 0.2) is 0 Å². The fourth-order valence-corrected chi connectivity index (χ4v) is 1.63. The summed E-state index contributed by atoms with van der Waals surface area (Å²) in [5, 5.41) is 0.795. The molecule has 1 atom stereocenters. The smallest absolute Gasteiger partial charge is 0.0406 e. The molecule has 3 heteroatoms. The topological polar surface area (TPSA) is 52.0 Å². The predicted molar refractivity (Wildman–Crippen MR) is 66.0 cm³/mol. The van der Waals surface area contributed by atoms with E-state index in [2.05, 4.69) is 12.1 Å². The van der Waals surface area contributed by atoms with E-state index in [9.17, 15) is 0 Å². The van der Waals surface area contributed by atoms with Crippen LogP contribution in [-0.2, 0) is 6.42 Å². The molecule has 1 aromatic rings. The number of halogens is 1. The zero-order chi connectivity index (χ0) is 11.1. The number of rotatable bonds is 6. The fraction of sp³-hybridized carbons (Fsp3) is 0.500. The third kappa shape index (κ3) is 5.17. The summed E-state index contributed by atoms with van der Waals surface area (Å²) in [5.41, 5.74) is 12.5. The molecule has 0 fully saturated rings. The molecule has 1 unspecified atom stereocenters. The molecule has 0 aliphatic carbocycles. The minimum Gasteiger partial charge on any atom is -0.329 e. The zero-order valence-corrected chi connectivity index (χ0v) is 9.71. The highest BCUT2D eigenvalue weighted by Crippen LogP contribution is 2.12. The second-order valence-corrected chi connectivity index (χ2v) is 4.30. The van der Waals surface area contributed by atoms with E-state index in [1.165, 1.54) is 5.56 Å². The van der Waals surface area contributed by atoms with E-state index in [4.69, 9.17) is 23.1 Å². The van der Waals surface area contributed by atoms with E-state index in [0.717, 1.165) is 30.7 Å². The summed E-state index contributed by atoms with van der Waals surface area (Å²) < 4.78 is 0. The molecule has 1 aromatic carbocycles. The maximum atomic E-state index is 5.80. The van der Waals surface area contributed by atoms with Crippen molar-refractivity contribution in [1.82, 2.24) is 0 Å². The van der Waals surface area contributed by atoms with Crippen molar-refractivity contribution in [2.45, 2.75) is 31.7 Å². The van der Waals surface area contributed by atoms with Crippen LogP contribution in [0.2, 0.25) is 5.02 Å². The standard InChI is InChI=1S/C12H19ClN2/c13-11-7-5-10(6-8-11)3-1-2-4-12(15)9-14/h5-8,12H,1-4,9,14-15H2. The van der Waals surface area contributed by atoms with E-state index >= 15 is 0 Å². The van der Waals surface area contributed by atoms with Crippen LogP contribution < -0.4 is 11.5 Å². The van der Waals surface area contributed by atoms with Crippen molar-refractivity contribution in [3.05, 3.63) is 34.9 Å². The Kier molecular flexibility index (Phi) is 5.69. The summed E-state index contributed by atoms with van der Waals surface area (Å²) in [6, 6.07) is 8.18. The molecular formula is C12H19ClN2. The molecule has 0 aromatic heterocycles. The quantitative estimate of drug-likeness (QED) is 0.732. The predicted octanol–water partition coefficient (Wildman–Crippen LogP) is 2.34. The molecule has 1 rings (SSSR count). The lowest BCUT2D eigenvalue weighted by Crippen LogP contribution is -2.29. The summed E-state index contributed by atoms with van der Waals surface area (Å²) in [6.45, 7) is 0.584. The molecule has 0 bridgehead atoms. The van der Waals surface area contributed by atoms with Gasteiger partial charge in [-0.25, -0.2) is 0 Å². The molecule has 2 nitrogen and oxygen atoms in total. The summed E-state index contributed by atoms with van der Waals surface area (Å²) in [6.07, 6.45) is 4.41. The highest BCUT2D eigenvalue weighted by molar-refractivity contribution is 6.30. The Labute approximate surface area is 96.6 Å². The van der Waals surface area contributed by atoms with Gasteiger partial charge in [0.25, 0.3) is 0 Å². The van der Waals surface area contributed by atoms with Crippen molar-refractivity contribution in [2.75, 3.05) is 6.54 Å².